The first-order valence-electron chi connectivity index (χ1n) is 11.7. The zero-order valence-electron chi connectivity index (χ0n) is 19.7. The molecular formula is C26H34FN3O3. The minimum absolute atomic E-state index is 0.133. The third kappa shape index (κ3) is 5.78. The largest absolute Gasteiger partial charge is 0.383 e. The third-order valence-corrected chi connectivity index (χ3v) is 6.31. The highest BCUT2D eigenvalue weighted by Gasteiger charge is 2.43. The number of rotatable bonds is 11. The molecule has 0 bridgehead atoms. The predicted molar refractivity (Wildman–Crippen MR) is 127 cm³/mol. The van der Waals surface area contributed by atoms with Gasteiger partial charge in [-0.2, -0.15) is 0 Å². The number of halogens is 1. The van der Waals surface area contributed by atoms with E-state index in [0.29, 0.717) is 30.8 Å². The molecule has 0 radical (unpaired) electrons. The maximum atomic E-state index is 13.7. The summed E-state index contributed by atoms with van der Waals surface area (Å²) in [6.45, 7) is 8.33. The van der Waals surface area contributed by atoms with E-state index < -0.39 is 12.0 Å². The van der Waals surface area contributed by atoms with E-state index >= 15 is 0 Å². The minimum atomic E-state index is -0.602. The lowest BCUT2D eigenvalue weighted by atomic mass is 9.79. The number of ether oxygens (including phenoxy) is 1. The van der Waals surface area contributed by atoms with E-state index in [2.05, 4.69) is 24.1 Å². The third-order valence-electron chi connectivity index (χ3n) is 6.31. The van der Waals surface area contributed by atoms with Crippen LogP contribution in [0, 0.1) is 5.82 Å². The number of hydrogen-bond acceptors (Lipinski definition) is 4. The number of nitrogens with one attached hydrogen (secondary N) is 1. The second-order valence-corrected chi connectivity index (χ2v) is 8.22. The summed E-state index contributed by atoms with van der Waals surface area (Å²) in [6, 6.07) is 12.8. The lowest BCUT2D eigenvalue weighted by Gasteiger charge is -2.41. The summed E-state index contributed by atoms with van der Waals surface area (Å²) >= 11 is 0. The molecule has 6 nitrogen and oxygen atoms in total. The first kappa shape index (κ1) is 24.9. The molecule has 7 heteroatoms. The number of hydrogen-bond donors (Lipinski definition) is 1. The number of amides is 2. The number of fused-ring (bicyclic) bond motifs is 1. The Balaban J connectivity index is 1.93. The summed E-state index contributed by atoms with van der Waals surface area (Å²) in [5.74, 6) is -1.24. The van der Waals surface area contributed by atoms with E-state index in [1.165, 1.54) is 12.1 Å². The summed E-state index contributed by atoms with van der Waals surface area (Å²) in [5, 5.41) is 3.09. The van der Waals surface area contributed by atoms with Crippen molar-refractivity contribution in [3.05, 3.63) is 71.0 Å². The van der Waals surface area contributed by atoms with Crippen molar-refractivity contribution in [2.75, 3.05) is 46.4 Å². The molecule has 2 atom stereocenters. The standard InChI is InChI=1S/C26H34FN3O3/c1-4-29(5-2)16-8-15-28-25(31)23-21-9-6-7-10-22(21)26(32)30(17-18-33-3)24(23)19-11-13-20(27)14-12-19/h6-7,9-14,23-24H,4-5,8,15-18H2,1-3H3,(H,28,31)/t23-,24-/m0/s1. The van der Waals surface area contributed by atoms with Gasteiger partial charge in [0.15, 0.2) is 0 Å². The molecule has 0 aromatic heterocycles. The summed E-state index contributed by atoms with van der Waals surface area (Å²) in [6.07, 6.45) is 0.843. The van der Waals surface area contributed by atoms with Crippen molar-refractivity contribution in [1.82, 2.24) is 15.1 Å². The Kier molecular flexibility index (Phi) is 8.97. The monoisotopic (exact) mass is 455 g/mol. The predicted octanol–water partition coefficient (Wildman–Crippen LogP) is 3.60. The summed E-state index contributed by atoms with van der Waals surface area (Å²) < 4.78 is 18.9. The van der Waals surface area contributed by atoms with Crippen molar-refractivity contribution in [3.8, 4) is 0 Å². The van der Waals surface area contributed by atoms with Crippen molar-refractivity contribution < 1.29 is 18.7 Å². The average molecular weight is 456 g/mol. The Morgan fingerprint density at radius 2 is 1.82 bits per heavy atom. The molecule has 0 spiro atoms. The molecule has 0 saturated heterocycles. The van der Waals surface area contributed by atoms with Gasteiger partial charge in [-0.1, -0.05) is 44.2 Å². The van der Waals surface area contributed by atoms with Crippen LogP contribution in [-0.4, -0.2) is 68.1 Å². The van der Waals surface area contributed by atoms with Crippen LogP contribution in [0.25, 0.3) is 0 Å². The van der Waals surface area contributed by atoms with Gasteiger partial charge in [0.05, 0.1) is 18.6 Å². The second kappa shape index (κ2) is 11.9. The molecular weight excluding hydrogens is 421 g/mol. The second-order valence-electron chi connectivity index (χ2n) is 8.22. The highest BCUT2D eigenvalue weighted by molar-refractivity contribution is 6.01. The molecule has 2 amide bonds. The molecule has 0 aliphatic carbocycles. The number of carbonyl (C=O) groups is 2. The number of nitrogens with zero attached hydrogens (tertiary/aromatic N) is 2. The molecule has 0 unspecified atom stereocenters. The molecule has 3 rings (SSSR count). The van der Waals surface area contributed by atoms with Gasteiger partial charge in [-0.25, -0.2) is 4.39 Å². The van der Waals surface area contributed by atoms with Crippen LogP contribution in [0.15, 0.2) is 48.5 Å². The lowest BCUT2D eigenvalue weighted by molar-refractivity contribution is -0.124. The van der Waals surface area contributed by atoms with Crippen molar-refractivity contribution in [2.45, 2.75) is 32.2 Å². The maximum absolute atomic E-state index is 13.7. The van der Waals surface area contributed by atoms with E-state index in [4.69, 9.17) is 4.74 Å². The summed E-state index contributed by atoms with van der Waals surface area (Å²) in [4.78, 5) is 30.9. The van der Waals surface area contributed by atoms with Crippen LogP contribution in [0.2, 0.25) is 0 Å². The number of carbonyl (C=O) groups excluding carboxylic acids is 2. The first-order valence-corrected chi connectivity index (χ1v) is 11.7. The van der Waals surface area contributed by atoms with Gasteiger partial charge < -0.3 is 19.9 Å². The van der Waals surface area contributed by atoms with E-state index in [9.17, 15) is 14.0 Å². The van der Waals surface area contributed by atoms with E-state index in [1.54, 1.807) is 30.2 Å². The van der Waals surface area contributed by atoms with Crippen LogP contribution >= 0.6 is 0 Å². The molecule has 1 aliphatic heterocycles. The van der Waals surface area contributed by atoms with E-state index in [1.807, 2.05) is 18.2 Å². The van der Waals surface area contributed by atoms with Gasteiger partial charge in [0, 0.05) is 25.8 Å². The SMILES string of the molecule is CCN(CC)CCCNC(=O)[C@H]1c2ccccc2C(=O)N(CCOC)[C@H]1c1ccc(F)cc1. The van der Waals surface area contributed by atoms with Crippen molar-refractivity contribution in [1.29, 1.82) is 0 Å². The Hall–Kier alpha value is -2.77. The van der Waals surface area contributed by atoms with Crippen LogP contribution in [0.4, 0.5) is 4.39 Å². The molecule has 0 saturated carbocycles. The molecule has 2 aromatic carbocycles. The molecule has 0 fully saturated rings. The Bertz CT molecular complexity index is 931. The Morgan fingerprint density at radius 1 is 1.12 bits per heavy atom. The van der Waals surface area contributed by atoms with Gasteiger partial charge in [-0.3, -0.25) is 9.59 Å². The normalized spacial score (nSPS) is 17.8. The van der Waals surface area contributed by atoms with E-state index in [-0.39, 0.29) is 17.6 Å². The smallest absolute Gasteiger partial charge is 0.254 e. The molecule has 1 N–H and O–H groups in total. The van der Waals surface area contributed by atoms with Crippen LogP contribution < -0.4 is 5.32 Å². The molecule has 2 aromatic rings. The van der Waals surface area contributed by atoms with E-state index in [0.717, 1.165) is 31.6 Å². The first-order chi connectivity index (χ1) is 16.0. The summed E-state index contributed by atoms with van der Waals surface area (Å²) in [7, 11) is 1.58. The van der Waals surface area contributed by atoms with Gasteiger partial charge in [0.1, 0.15) is 5.82 Å². The van der Waals surface area contributed by atoms with Crippen molar-refractivity contribution in [3.63, 3.8) is 0 Å². The number of benzene rings is 2. The van der Waals surface area contributed by atoms with Gasteiger partial charge in [0.25, 0.3) is 5.91 Å². The Labute approximate surface area is 195 Å². The Morgan fingerprint density at radius 3 is 2.48 bits per heavy atom. The highest BCUT2D eigenvalue weighted by Crippen LogP contribution is 2.42. The topological polar surface area (TPSA) is 61.9 Å². The highest BCUT2D eigenvalue weighted by atomic mass is 19.1. The van der Waals surface area contributed by atoms with Gasteiger partial charge in [-0.15, -0.1) is 0 Å². The van der Waals surface area contributed by atoms with Crippen molar-refractivity contribution in [2.24, 2.45) is 0 Å². The maximum Gasteiger partial charge on any atom is 0.254 e. The van der Waals surface area contributed by atoms with Gasteiger partial charge in [-0.05, 0) is 55.4 Å². The zero-order valence-corrected chi connectivity index (χ0v) is 19.7. The van der Waals surface area contributed by atoms with Crippen LogP contribution in [-0.2, 0) is 9.53 Å². The fraction of sp³-hybridized carbons (Fsp3) is 0.462. The van der Waals surface area contributed by atoms with Crippen LogP contribution in [0.3, 0.4) is 0 Å². The van der Waals surface area contributed by atoms with Gasteiger partial charge >= 0.3 is 0 Å². The lowest BCUT2D eigenvalue weighted by Crippen LogP contribution is -2.48. The zero-order chi connectivity index (χ0) is 23.8. The molecule has 1 heterocycles. The minimum Gasteiger partial charge on any atom is -0.383 e. The molecule has 33 heavy (non-hydrogen) atoms. The fourth-order valence-electron chi connectivity index (χ4n) is 4.51. The quantitative estimate of drug-likeness (QED) is 0.526. The van der Waals surface area contributed by atoms with Crippen molar-refractivity contribution >= 4 is 11.8 Å². The number of methoxy groups -OCH3 is 1. The van der Waals surface area contributed by atoms with Crippen LogP contribution in [0.1, 0.15) is 53.7 Å². The summed E-state index contributed by atoms with van der Waals surface area (Å²) in [5.41, 5.74) is 1.95. The van der Waals surface area contributed by atoms with Gasteiger partial charge in [0.2, 0.25) is 5.91 Å². The fourth-order valence-corrected chi connectivity index (χ4v) is 4.51. The van der Waals surface area contributed by atoms with Crippen LogP contribution in [0.5, 0.6) is 0 Å². The molecule has 1 aliphatic rings. The average Bonchev–Trinajstić information content (AvgIpc) is 2.84. The molecule has 178 valence electrons.